The first-order chi connectivity index (χ1) is 16.7. The van der Waals surface area contributed by atoms with E-state index in [9.17, 15) is 17.6 Å². The number of piperidine rings is 1. The summed E-state index contributed by atoms with van der Waals surface area (Å²) < 4.78 is 41.3. The van der Waals surface area contributed by atoms with Crippen LogP contribution in [0.15, 0.2) is 71.6 Å². The summed E-state index contributed by atoms with van der Waals surface area (Å²) >= 11 is 0. The minimum atomic E-state index is -3.74. The Hall–Kier alpha value is -3.23. The summed E-state index contributed by atoms with van der Waals surface area (Å²) in [6.07, 6.45) is 1.47. The lowest BCUT2D eigenvalue weighted by Crippen LogP contribution is -2.37. The number of benzene rings is 3. The van der Waals surface area contributed by atoms with Crippen molar-refractivity contribution in [2.24, 2.45) is 5.92 Å². The van der Waals surface area contributed by atoms with Gasteiger partial charge in [-0.3, -0.25) is 14.4 Å². The Kier molecular flexibility index (Phi) is 7.52. The van der Waals surface area contributed by atoms with Crippen LogP contribution in [0.5, 0.6) is 0 Å². The monoisotopic (exact) mass is 495 g/mol. The van der Waals surface area contributed by atoms with E-state index in [2.05, 4.69) is 14.9 Å². The Bertz CT molecular complexity index is 1280. The minimum Gasteiger partial charge on any atom is -0.326 e. The van der Waals surface area contributed by atoms with Crippen molar-refractivity contribution in [1.82, 2.24) is 4.90 Å². The standard InChI is InChI=1S/C27H30FN3O3S/c1-19-3-12-26(20(2)17-19)30-35(33,34)25-10-8-24(9-11-25)29-27(32)22-13-15-31(16-14-22)18-21-4-6-23(28)7-5-21/h3-12,17,22,30H,13-16,18H2,1-2H3,(H,29,32). The highest BCUT2D eigenvalue weighted by atomic mass is 32.2. The molecule has 0 bridgehead atoms. The van der Waals surface area contributed by atoms with Crippen LogP contribution in [-0.4, -0.2) is 32.3 Å². The molecule has 1 saturated heterocycles. The van der Waals surface area contributed by atoms with Gasteiger partial charge in [0.15, 0.2) is 0 Å². The molecular weight excluding hydrogens is 465 g/mol. The van der Waals surface area contributed by atoms with Gasteiger partial charge in [-0.05, 0) is 93.4 Å². The summed E-state index contributed by atoms with van der Waals surface area (Å²) in [5.74, 6) is -0.406. The van der Waals surface area contributed by atoms with Crippen LogP contribution < -0.4 is 10.0 Å². The van der Waals surface area contributed by atoms with Crippen LogP contribution in [0.4, 0.5) is 15.8 Å². The molecule has 0 radical (unpaired) electrons. The third-order valence-electron chi connectivity index (χ3n) is 6.34. The van der Waals surface area contributed by atoms with E-state index in [4.69, 9.17) is 0 Å². The number of carbonyl (C=O) groups excluding carboxylic acids is 1. The molecule has 0 unspecified atom stereocenters. The highest BCUT2D eigenvalue weighted by molar-refractivity contribution is 7.92. The second-order valence-electron chi connectivity index (χ2n) is 9.11. The number of rotatable bonds is 7. The van der Waals surface area contributed by atoms with E-state index >= 15 is 0 Å². The number of amides is 1. The molecule has 8 heteroatoms. The van der Waals surface area contributed by atoms with Crippen molar-refractivity contribution in [3.8, 4) is 0 Å². The lowest BCUT2D eigenvalue weighted by Gasteiger charge is -2.31. The van der Waals surface area contributed by atoms with Crippen LogP contribution in [0.25, 0.3) is 0 Å². The van der Waals surface area contributed by atoms with Crippen molar-refractivity contribution in [2.75, 3.05) is 23.1 Å². The predicted octanol–water partition coefficient (Wildman–Crippen LogP) is 5.09. The zero-order chi connectivity index (χ0) is 25.0. The number of aryl methyl sites for hydroxylation is 2. The molecule has 1 amide bonds. The van der Waals surface area contributed by atoms with Gasteiger partial charge in [-0.25, -0.2) is 12.8 Å². The van der Waals surface area contributed by atoms with Crippen LogP contribution in [0, 0.1) is 25.6 Å². The molecule has 0 saturated carbocycles. The molecule has 35 heavy (non-hydrogen) atoms. The number of halogens is 1. The van der Waals surface area contributed by atoms with Crippen LogP contribution in [-0.2, 0) is 21.4 Å². The van der Waals surface area contributed by atoms with Crippen molar-refractivity contribution in [3.05, 3.63) is 89.2 Å². The van der Waals surface area contributed by atoms with Gasteiger partial charge in [0.1, 0.15) is 5.82 Å². The zero-order valence-corrected chi connectivity index (χ0v) is 20.7. The molecule has 3 aromatic carbocycles. The fraction of sp³-hybridized carbons (Fsp3) is 0.296. The van der Waals surface area contributed by atoms with Gasteiger partial charge in [0.25, 0.3) is 10.0 Å². The summed E-state index contributed by atoms with van der Waals surface area (Å²) in [6.45, 7) is 6.13. The Morgan fingerprint density at radius 1 is 0.971 bits per heavy atom. The van der Waals surface area contributed by atoms with Crippen molar-refractivity contribution in [1.29, 1.82) is 0 Å². The molecule has 1 aliphatic rings. The first kappa shape index (κ1) is 24.9. The fourth-order valence-corrected chi connectivity index (χ4v) is 5.43. The summed E-state index contributed by atoms with van der Waals surface area (Å²) in [5, 5.41) is 2.91. The van der Waals surface area contributed by atoms with Crippen molar-refractivity contribution in [2.45, 2.75) is 38.1 Å². The highest BCUT2D eigenvalue weighted by Crippen LogP contribution is 2.24. The summed E-state index contributed by atoms with van der Waals surface area (Å²) in [6, 6.07) is 18.2. The molecule has 1 fully saturated rings. The largest absolute Gasteiger partial charge is 0.326 e. The normalized spacial score (nSPS) is 15.1. The highest BCUT2D eigenvalue weighted by Gasteiger charge is 2.25. The van der Waals surface area contributed by atoms with Crippen LogP contribution >= 0.6 is 0 Å². The van der Waals surface area contributed by atoms with Gasteiger partial charge in [0.2, 0.25) is 5.91 Å². The lowest BCUT2D eigenvalue weighted by atomic mass is 9.95. The number of hydrogen-bond acceptors (Lipinski definition) is 4. The second-order valence-corrected chi connectivity index (χ2v) is 10.8. The minimum absolute atomic E-state index is 0.0598. The fourth-order valence-electron chi connectivity index (χ4n) is 4.29. The molecule has 0 spiro atoms. The maximum absolute atomic E-state index is 13.1. The number of nitrogens with one attached hydrogen (secondary N) is 2. The van der Waals surface area contributed by atoms with Gasteiger partial charge in [-0.1, -0.05) is 29.8 Å². The molecule has 4 rings (SSSR count). The molecule has 0 aliphatic carbocycles. The second kappa shape index (κ2) is 10.6. The Balaban J connectivity index is 1.30. The summed E-state index contributed by atoms with van der Waals surface area (Å²) in [5.41, 5.74) is 4.06. The molecule has 1 heterocycles. The topological polar surface area (TPSA) is 78.5 Å². The molecule has 0 atom stereocenters. The smallest absolute Gasteiger partial charge is 0.261 e. The molecule has 6 nitrogen and oxygen atoms in total. The lowest BCUT2D eigenvalue weighted by molar-refractivity contribution is -0.121. The molecule has 2 N–H and O–H groups in total. The van der Waals surface area contributed by atoms with E-state index < -0.39 is 10.0 Å². The van der Waals surface area contributed by atoms with Crippen molar-refractivity contribution >= 4 is 27.3 Å². The van der Waals surface area contributed by atoms with E-state index in [0.29, 0.717) is 11.4 Å². The quantitative estimate of drug-likeness (QED) is 0.478. The van der Waals surface area contributed by atoms with Gasteiger partial charge in [-0.15, -0.1) is 0 Å². The van der Waals surface area contributed by atoms with Gasteiger partial charge in [0.05, 0.1) is 10.6 Å². The maximum atomic E-state index is 13.1. The van der Waals surface area contributed by atoms with E-state index in [-0.39, 0.29) is 22.5 Å². The SMILES string of the molecule is Cc1ccc(NS(=O)(=O)c2ccc(NC(=O)C3CCN(Cc4ccc(F)cc4)CC3)cc2)c(C)c1. The van der Waals surface area contributed by atoms with E-state index in [1.807, 2.05) is 26.0 Å². The average molecular weight is 496 g/mol. The average Bonchev–Trinajstić information content (AvgIpc) is 2.83. The number of sulfonamides is 1. The predicted molar refractivity (Wildman–Crippen MR) is 136 cm³/mol. The van der Waals surface area contributed by atoms with Crippen LogP contribution in [0.3, 0.4) is 0 Å². The molecule has 1 aliphatic heterocycles. The van der Waals surface area contributed by atoms with Crippen LogP contribution in [0.1, 0.15) is 29.5 Å². The molecule has 184 valence electrons. The Morgan fingerprint density at radius 3 is 2.26 bits per heavy atom. The van der Waals surface area contributed by atoms with Gasteiger partial charge in [0, 0.05) is 18.2 Å². The number of likely N-dealkylation sites (tertiary alicyclic amines) is 1. The van der Waals surface area contributed by atoms with Gasteiger partial charge < -0.3 is 5.32 Å². The summed E-state index contributed by atoms with van der Waals surface area (Å²) in [7, 11) is -3.74. The van der Waals surface area contributed by atoms with Crippen molar-refractivity contribution < 1.29 is 17.6 Å². The van der Waals surface area contributed by atoms with E-state index in [0.717, 1.165) is 49.2 Å². The zero-order valence-electron chi connectivity index (χ0n) is 19.9. The molecular formula is C27H30FN3O3S. The molecule has 0 aromatic heterocycles. The van der Waals surface area contributed by atoms with Crippen LogP contribution in [0.2, 0.25) is 0 Å². The third kappa shape index (κ3) is 6.46. The van der Waals surface area contributed by atoms with Gasteiger partial charge in [-0.2, -0.15) is 0 Å². The van der Waals surface area contributed by atoms with E-state index in [1.165, 1.54) is 24.3 Å². The first-order valence-electron chi connectivity index (χ1n) is 11.7. The number of nitrogens with zero attached hydrogens (tertiary/aromatic N) is 1. The summed E-state index contributed by atoms with van der Waals surface area (Å²) in [4.78, 5) is 15.1. The number of hydrogen-bond donors (Lipinski definition) is 2. The maximum Gasteiger partial charge on any atom is 0.261 e. The number of carbonyl (C=O) groups is 1. The first-order valence-corrected chi connectivity index (χ1v) is 13.2. The van der Waals surface area contributed by atoms with E-state index in [1.54, 1.807) is 30.3 Å². The number of anilines is 2. The Labute approximate surface area is 206 Å². The molecule has 3 aromatic rings. The van der Waals surface area contributed by atoms with Gasteiger partial charge >= 0.3 is 0 Å². The Morgan fingerprint density at radius 2 is 1.63 bits per heavy atom. The third-order valence-corrected chi connectivity index (χ3v) is 7.72. The van der Waals surface area contributed by atoms with Crippen molar-refractivity contribution in [3.63, 3.8) is 0 Å².